The first-order valence-corrected chi connectivity index (χ1v) is 10.5. The standard InChI is InChI=1S/C23H27ClN4O/c1-16(29)28-11-5-9-20(14-28)23(15-27(2)22(25)26-23)19-8-3-6-17(12-19)18-7-4-10-21(24)13-18/h3-4,6-8,10,12-13,20H,5,9,11,14-15H2,1-2H3,(H2,25,26). The molecule has 2 aliphatic rings. The number of hydrogen-bond donors (Lipinski definition) is 1. The molecule has 2 aromatic rings. The molecule has 0 radical (unpaired) electrons. The van der Waals surface area contributed by atoms with E-state index in [2.05, 4.69) is 30.3 Å². The molecule has 0 aromatic heterocycles. The van der Waals surface area contributed by atoms with Crippen LogP contribution in [0.2, 0.25) is 5.02 Å². The monoisotopic (exact) mass is 410 g/mol. The summed E-state index contributed by atoms with van der Waals surface area (Å²) in [7, 11) is 1.98. The number of benzene rings is 2. The van der Waals surface area contributed by atoms with E-state index >= 15 is 0 Å². The Morgan fingerprint density at radius 2 is 1.93 bits per heavy atom. The lowest BCUT2D eigenvalue weighted by Crippen LogP contribution is -2.48. The average molecular weight is 411 g/mol. The van der Waals surface area contributed by atoms with Crippen molar-refractivity contribution in [3.8, 4) is 11.1 Å². The lowest BCUT2D eigenvalue weighted by Gasteiger charge is -2.42. The van der Waals surface area contributed by atoms with Crippen molar-refractivity contribution in [1.82, 2.24) is 9.80 Å². The third kappa shape index (κ3) is 3.71. The minimum Gasteiger partial charge on any atom is -0.370 e. The van der Waals surface area contributed by atoms with Crippen LogP contribution >= 0.6 is 11.6 Å². The number of halogens is 1. The highest BCUT2D eigenvalue weighted by Crippen LogP contribution is 2.43. The summed E-state index contributed by atoms with van der Waals surface area (Å²) in [6.45, 7) is 3.89. The molecule has 6 heteroatoms. The molecule has 4 rings (SSSR count). The van der Waals surface area contributed by atoms with E-state index in [1.807, 2.05) is 35.0 Å². The van der Waals surface area contributed by atoms with Gasteiger partial charge in [0.1, 0.15) is 5.54 Å². The third-order valence-electron chi connectivity index (χ3n) is 6.25. The van der Waals surface area contributed by atoms with Crippen LogP contribution in [0.1, 0.15) is 25.3 Å². The van der Waals surface area contributed by atoms with Gasteiger partial charge in [0.15, 0.2) is 5.96 Å². The molecule has 0 spiro atoms. The molecule has 0 aliphatic carbocycles. The van der Waals surface area contributed by atoms with Gasteiger partial charge in [-0.1, -0.05) is 41.9 Å². The molecule has 0 saturated carbocycles. The predicted molar refractivity (Wildman–Crippen MR) is 118 cm³/mol. The van der Waals surface area contributed by atoms with Crippen molar-refractivity contribution in [1.29, 1.82) is 0 Å². The average Bonchev–Trinajstić information content (AvgIpc) is 3.04. The van der Waals surface area contributed by atoms with Crippen LogP contribution in [0, 0.1) is 5.92 Å². The molecule has 1 amide bonds. The molecule has 1 saturated heterocycles. The van der Waals surface area contributed by atoms with E-state index < -0.39 is 5.54 Å². The number of likely N-dealkylation sites (tertiary alicyclic amines) is 1. The first kappa shape index (κ1) is 19.8. The normalized spacial score (nSPS) is 24.5. The molecule has 2 aromatic carbocycles. The topological polar surface area (TPSA) is 61.9 Å². The number of guanidine groups is 1. The van der Waals surface area contributed by atoms with E-state index in [9.17, 15) is 4.79 Å². The number of likely N-dealkylation sites (N-methyl/N-ethyl adjacent to an activating group) is 1. The van der Waals surface area contributed by atoms with Crippen LogP contribution in [-0.2, 0) is 10.3 Å². The first-order chi connectivity index (χ1) is 13.9. The van der Waals surface area contributed by atoms with Gasteiger partial charge in [0.2, 0.25) is 5.91 Å². The zero-order valence-electron chi connectivity index (χ0n) is 16.9. The van der Waals surface area contributed by atoms with Gasteiger partial charge in [-0.2, -0.15) is 0 Å². The van der Waals surface area contributed by atoms with Gasteiger partial charge in [-0.05, 0) is 47.7 Å². The highest BCUT2D eigenvalue weighted by atomic mass is 35.5. The second-order valence-corrected chi connectivity index (χ2v) is 8.58. The smallest absolute Gasteiger partial charge is 0.219 e. The summed E-state index contributed by atoms with van der Waals surface area (Å²) in [5.74, 6) is 0.900. The zero-order valence-corrected chi connectivity index (χ0v) is 17.7. The van der Waals surface area contributed by atoms with Crippen molar-refractivity contribution in [2.24, 2.45) is 16.6 Å². The maximum atomic E-state index is 12.0. The molecule has 152 valence electrons. The van der Waals surface area contributed by atoms with Crippen LogP contribution in [0.15, 0.2) is 53.5 Å². The van der Waals surface area contributed by atoms with Crippen molar-refractivity contribution >= 4 is 23.5 Å². The molecule has 2 unspecified atom stereocenters. The van der Waals surface area contributed by atoms with E-state index in [1.54, 1.807) is 6.92 Å². The van der Waals surface area contributed by atoms with Crippen LogP contribution in [0.25, 0.3) is 11.1 Å². The number of rotatable bonds is 3. The number of amides is 1. The van der Waals surface area contributed by atoms with Gasteiger partial charge in [0, 0.05) is 38.0 Å². The lowest BCUT2D eigenvalue weighted by molar-refractivity contribution is -0.131. The van der Waals surface area contributed by atoms with Gasteiger partial charge in [-0.3, -0.25) is 4.79 Å². The predicted octanol–water partition coefficient (Wildman–Crippen LogP) is 3.72. The van der Waals surface area contributed by atoms with Crippen molar-refractivity contribution < 1.29 is 4.79 Å². The Kier molecular flexibility index (Phi) is 5.26. The van der Waals surface area contributed by atoms with Crippen LogP contribution in [0.3, 0.4) is 0 Å². The number of piperidine rings is 1. The Bertz CT molecular complexity index is 959. The Morgan fingerprint density at radius 1 is 1.21 bits per heavy atom. The summed E-state index contributed by atoms with van der Waals surface area (Å²) in [5.41, 5.74) is 9.10. The maximum absolute atomic E-state index is 12.0. The van der Waals surface area contributed by atoms with Gasteiger partial charge >= 0.3 is 0 Å². The molecule has 1 fully saturated rings. The number of nitrogens with zero attached hydrogens (tertiary/aromatic N) is 3. The van der Waals surface area contributed by atoms with Gasteiger partial charge in [-0.25, -0.2) is 4.99 Å². The van der Waals surface area contributed by atoms with E-state index in [0.29, 0.717) is 19.0 Å². The van der Waals surface area contributed by atoms with Crippen molar-refractivity contribution in [2.75, 3.05) is 26.7 Å². The third-order valence-corrected chi connectivity index (χ3v) is 6.48. The Balaban J connectivity index is 1.77. The summed E-state index contributed by atoms with van der Waals surface area (Å²) in [6.07, 6.45) is 2.01. The second-order valence-electron chi connectivity index (χ2n) is 8.15. The van der Waals surface area contributed by atoms with Crippen molar-refractivity contribution in [3.63, 3.8) is 0 Å². The lowest BCUT2D eigenvalue weighted by atomic mass is 9.74. The summed E-state index contributed by atoms with van der Waals surface area (Å²) in [4.78, 5) is 21.0. The molecule has 2 aliphatic heterocycles. The van der Waals surface area contributed by atoms with Crippen molar-refractivity contribution in [2.45, 2.75) is 25.3 Å². The highest BCUT2D eigenvalue weighted by molar-refractivity contribution is 6.30. The highest BCUT2D eigenvalue weighted by Gasteiger charge is 2.47. The SMILES string of the molecule is CC(=O)N1CCCC(C2(c3cccc(-c4cccc(Cl)c4)c3)CN(C)C(N)=N2)C1. The van der Waals surface area contributed by atoms with Crippen LogP contribution in [0.4, 0.5) is 0 Å². The minimum absolute atomic E-state index is 0.126. The maximum Gasteiger partial charge on any atom is 0.219 e. The zero-order chi connectivity index (χ0) is 20.6. The Hall–Kier alpha value is -2.53. The van der Waals surface area contributed by atoms with Gasteiger partial charge in [0.25, 0.3) is 0 Å². The number of hydrogen-bond acceptors (Lipinski definition) is 4. The van der Waals surface area contributed by atoms with E-state index in [0.717, 1.165) is 41.1 Å². The van der Waals surface area contributed by atoms with Crippen LogP contribution < -0.4 is 5.73 Å². The van der Waals surface area contributed by atoms with Crippen molar-refractivity contribution in [3.05, 3.63) is 59.1 Å². The molecule has 5 nitrogen and oxygen atoms in total. The molecule has 2 heterocycles. The quantitative estimate of drug-likeness (QED) is 0.838. The molecular formula is C23H27ClN4O. The fourth-order valence-electron chi connectivity index (χ4n) is 4.67. The summed E-state index contributed by atoms with van der Waals surface area (Å²) in [5, 5.41) is 0.717. The van der Waals surface area contributed by atoms with E-state index in [-0.39, 0.29) is 11.8 Å². The molecule has 2 atom stereocenters. The van der Waals surface area contributed by atoms with Gasteiger partial charge < -0.3 is 15.5 Å². The number of carbonyl (C=O) groups excluding carboxylic acids is 1. The van der Waals surface area contributed by atoms with Crippen LogP contribution in [0.5, 0.6) is 0 Å². The number of nitrogens with two attached hydrogens (primary N) is 1. The molecule has 0 bridgehead atoms. The largest absolute Gasteiger partial charge is 0.370 e. The summed E-state index contributed by atoms with van der Waals surface area (Å²) >= 11 is 6.21. The number of aliphatic imine (C=N–C) groups is 1. The molecule has 29 heavy (non-hydrogen) atoms. The van der Waals surface area contributed by atoms with Crippen LogP contribution in [-0.4, -0.2) is 48.3 Å². The summed E-state index contributed by atoms with van der Waals surface area (Å²) < 4.78 is 0. The fourth-order valence-corrected chi connectivity index (χ4v) is 4.86. The van der Waals surface area contributed by atoms with E-state index in [4.69, 9.17) is 22.3 Å². The fraction of sp³-hybridized carbons (Fsp3) is 0.391. The van der Waals surface area contributed by atoms with E-state index in [1.165, 1.54) is 0 Å². The summed E-state index contributed by atoms with van der Waals surface area (Å²) in [6, 6.07) is 16.4. The van der Waals surface area contributed by atoms with Gasteiger partial charge in [-0.15, -0.1) is 0 Å². The molecular weight excluding hydrogens is 384 g/mol. The van der Waals surface area contributed by atoms with Gasteiger partial charge in [0.05, 0.1) is 6.54 Å². The Morgan fingerprint density at radius 3 is 2.59 bits per heavy atom. The Labute approximate surface area is 177 Å². The second kappa shape index (κ2) is 7.71. The minimum atomic E-state index is -0.457. The molecule has 2 N–H and O–H groups in total. The number of carbonyl (C=O) groups is 1. The first-order valence-electron chi connectivity index (χ1n) is 10.1.